The second kappa shape index (κ2) is 18.8. The van der Waals surface area contributed by atoms with Crippen LogP contribution in [0, 0.1) is 0 Å². The van der Waals surface area contributed by atoms with E-state index in [1.54, 1.807) is 0 Å². The molecule has 0 fully saturated rings. The zero-order chi connectivity index (χ0) is 40.2. The van der Waals surface area contributed by atoms with Crippen molar-refractivity contribution in [3.05, 3.63) is 254 Å². The summed E-state index contributed by atoms with van der Waals surface area (Å²) in [6.45, 7) is 6.08. The van der Waals surface area contributed by atoms with Crippen molar-refractivity contribution in [2.24, 2.45) is 0 Å². The predicted molar refractivity (Wildman–Crippen MR) is 252 cm³/mol. The minimum Gasteiger partial charge on any atom is -0.334 e. The van der Waals surface area contributed by atoms with Gasteiger partial charge in [-0.1, -0.05) is 116 Å². The van der Waals surface area contributed by atoms with E-state index >= 15 is 0 Å². The topological polar surface area (TPSA) is 13.0 Å². The quantitative estimate of drug-likeness (QED) is 0.102. The van der Waals surface area contributed by atoms with Crippen LogP contribution in [0.5, 0.6) is 0 Å². The lowest BCUT2D eigenvalue weighted by Gasteiger charge is -2.35. The molecule has 8 rings (SSSR count). The average Bonchev–Trinajstić information content (AvgIpc) is 3.30. The molecule has 0 spiro atoms. The van der Waals surface area contributed by atoms with Gasteiger partial charge in [-0.2, -0.15) is 0 Å². The first kappa shape index (κ1) is 38.6. The van der Waals surface area contributed by atoms with Gasteiger partial charge in [0.2, 0.25) is 0 Å². The Labute approximate surface area is 350 Å². The Hall–Kier alpha value is -7.30. The minimum atomic E-state index is 0.146. The molecule has 2 aliphatic carbocycles. The van der Waals surface area contributed by atoms with Crippen LogP contribution in [0.25, 0.3) is 0 Å². The number of allylic oxidation sites excluding steroid dienone is 8. The van der Waals surface area contributed by atoms with Gasteiger partial charge in [-0.05, 0) is 148 Å². The fourth-order valence-corrected chi connectivity index (χ4v) is 7.92. The fourth-order valence-electron chi connectivity index (χ4n) is 7.92. The molecule has 0 saturated heterocycles. The summed E-state index contributed by atoms with van der Waals surface area (Å²) in [5.41, 5.74) is 12.2. The van der Waals surface area contributed by atoms with Crippen LogP contribution in [-0.4, -0.2) is 6.04 Å². The fraction of sp³-hybridized carbons (Fsp3) is 0.0909. The summed E-state index contributed by atoms with van der Waals surface area (Å²) >= 11 is 0. The van der Waals surface area contributed by atoms with Crippen molar-refractivity contribution >= 4 is 45.5 Å². The smallest absolute Gasteiger partial charge is 0.0561 e. The lowest BCUT2D eigenvalue weighted by atomic mass is 10.0. The molecule has 4 nitrogen and oxygen atoms in total. The first-order chi connectivity index (χ1) is 29.2. The Balaban J connectivity index is 1.18. The van der Waals surface area contributed by atoms with E-state index in [1.807, 2.05) is 6.08 Å². The maximum absolute atomic E-state index is 4.03. The Bertz CT molecular complexity index is 2400. The Morgan fingerprint density at radius 2 is 0.983 bits per heavy atom. The van der Waals surface area contributed by atoms with Crippen molar-refractivity contribution in [1.82, 2.24) is 0 Å². The number of hydrogen-bond donors (Lipinski definition) is 0. The summed E-state index contributed by atoms with van der Waals surface area (Å²) in [7, 11) is 0. The molecule has 0 N–H and O–H groups in total. The van der Waals surface area contributed by atoms with Crippen LogP contribution in [0.1, 0.15) is 26.2 Å². The highest BCUT2D eigenvalue weighted by Crippen LogP contribution is 2.40. The third-order valence-corrected chi connectivity index (χ3v) is 10.6. The average molecular weight is 767 g/mol. The standard InChI is InChI=1S/C55H50N4/c1-3-20-44(21-4-2)56(45-22-10-5-11-23-45)50-32-38-53(39-33-50)59(54-40-34-51(35-41-54)57(46-24-12-6-13-25-46)47-26-14-7-15-27-47)55-42-36-52(37-43-55)58(48-28-16-8-17-29-48)49-30-18-9-19-31-49/h3-4,6-10,12-36,38-43,52H,1,5,11,37H2,2H3/b21-4?,44-20+. The van der Waals surface area contributed by atoms with E-state index in [1.165, 1.54) is 11.4 Å². The monoisotopic (exact) mass is 766 g/mol. The van der Waals surface area contributed by atoms with Crippen LogP contribution in [0.3, 0.4) is 0 Å². The molecule has 1 unspecified atom stereocenters. The highest BCUT2D eigenvalue weighted by atomic mass is 15.2. The van der Waals surface area contributed by atoms with Crippen molar-refractivity contribution in [3.8, 4) is 0 Å². The van der Waals surface area contributed by atoms with Crippen LogP contribution in [0.4, 0.5) is 45.5 Å². The van der Waals surface area contributed by atoms with Crippen LogP contribution in [0.15, 0.2) is 254 Å². The number of rotatable bonds is 14. The van der Waals surface area contributed by atoms with Gasteiger partial charge >= 0.3 is 0 Å². The van der Waals surface area contributed by atoms with Gasteiger partial charge in [-0.3, -0.25) is 0 Å². The van der Waals surface area contributed by atoms with Crippen molar-refractivity contribution in [1.29, 1.82) is 0 Å². The second-order valence-electron chi connectivity index (χ2n) is 14.5. The molecule has 0 heterocycles. The first-order valence-electron chi connectivity index (χ1n) is 20.5. The summed E-state index contributed by atoms with van der Waals surface area (Å²) < 4.78 is 0. The largest absolute Gasteiger partial charge is 0.334 e. The third kappa shape index (κ3) is 8.83. The molecule has 290 valence electrons. The third-order valence-electron chi connectivity index (χ3n) is 10.6. The van der Waals surface area contributed by atoms with Gasteiger partial charge in [0.05, 0.1) is 6.04 Å². The van der Waals surface area contributed by atoms with Crippen LogP contribution >= 0.6 is 0 Å². The highest BCUT2D eigenvalue weighted by molar-refractivity contribution is 5.80. The SMILES string of the molecule is C=C/C=C(\C=CC)N(C1=CCCC=C1)c1ccc(N(C2=CCC(N(c3ccccc3)c3ccccc3)C=C2)c2ccc(N(c3ccccc3)c3ccccc3)cc2)cc1. The maximum Gasteiger partial charge on any atom is 0.0561 e. The van der Waals surface area contributed by atoms with Gasteiger partial charge in [-0.25, -0.2) is 0 Å². The van der Waals surface area contributed by atoms with Gasteiger partial charge in [0.1, 0.15) is 0 Å². The number of benzene rings is 6. The lowest BCUT2D eigenvalue weighted by molar-refractivity contribution is 0.777. The number of para-hydroxylation sites is 4. The van der Waals surface area contributed by atoms with E-state index < -0.39 is 0 Å². The maximum atomic E-state index is 4.03. The number of hydrogen-bond acceptors (Lipinski definition) is 4. The van der Waals surface area contributed by atoms with Crippen LogP contribution < -0.4 is 19.6 Å². The van der Waals surface area contributed by atoms with Crippen molar-refractivity contribution in [3.63, 3.8) is 0 Å². The highest BCUT2D eigenvalue weighted by Gasteiger charge is 2.24. The van der Waals surface area contributed by atoms with Crippen LogP contribution in [-0.2, 0) is 0 Å². The van der Waals surface area contributed by atoms with Gasteiger partial charge in [0, 0.05) is 62.6 Å². The molecule has 0 bridgehead atoms. The lowest BCUT2D eigenvalue weighted by Crippen LogP contribution is -2.31. The summed E-state index contributed by atoms with van der Waals surface area (Å²) in [5, 5.41) is 0. The van der Waals surface area contributed by atoms with Crippen molar-refractivity contribution < 1.29 is 0 Å². The molecule has 0 radical (unpaired) electrons. The molecule has 1 atom stereocenters. The van der Waals surface area contributed by atoms with E-state index in [4.69, 9.17) is 0 Å². The molecule has 0 saturated carbocycles. The molecule has 2 aliphatic rings. The molecular weight excluding hydrogens is 717 g/mol. The molecule has 6 aromatic rings. The van der Waals surface area contributed by atoms with E-state index in [9.17, 15) is 0 Å². The number of nitrogens with zero attached hydrogens (tertiary/aromatic N) is 4. The minimum absolute atomic E-state index is 0.146. The molecule has 0 aromatic heterocycles. The first-order valence-corrected chi connectivity index (χ1v) is 20.5. The summed E-state index contributed by atoms with van der Waals surface area (Å²) in [6, 6.07) is 60.5. The van der Waals surface area contributed by atoms with Crippen molar-refractivity contribution in [2.45, 2.75) is 32.2 Å². The Kier molecular flexibility index (Phi) is 12.3. The van der Waals surface area contributed by atoms with Gasteiger partial charge < -0.3 is 19.6 Å². The van der Waals surface area contributed by atoms with E-state index in [2.05, 4.69) is 258 Å². The molecule has 59 heavy (non-hydrogen) atoms. The number of anilines is 8. The van der Waals surface area contributed by atoms with E-state index in [0.717, 1.165) is 70.5 Å². The molecule has 6 aromatic carbocycles. The summed E-state index contributed by atoms with van der Waals surface area (Å²) in [6.07, 6.45) is 24.9. The zero-order valence-corrected chi connectivity index (χ0v) is 33.6. The van der Waals surface area contributed by atoms with Crippen LogP contribution in [0.2, 0.25) is 0 Å². The van der Waals surface area contributed by atoms with Gasteiger partial charge in [0.25, 0.3) is 0 Å². The zero-order valence-electron chi connectivity index (χ0n) is 33.6. The van der Waals surface area contributed by atoms with Gasteiger partial charge in [-0.15, -0.1) is 0 Å². The second-order valence-corrected chi connectivity index (χ2v) is 14.5. The Morgan fingerprint density at radius 3 is 1.42 bits per heavy atom. The molecule has 0 aliphatic heterocycles. The molecular formula is C55H50N4. The molecule has 0 amide bonds. The van der Waals surface area contributed by atoms with Gasteiger partial charge in [0.15, 0.2) is 0 Å². The normalized spacial score (nSPS) is 15.0. The Morgan fingerprint density at radius 1 is 0.508 bits per heavy atom. The van der Waals surface area contributed by atoms with E-state index in [0.29, 0.717) is 0 Å². The summed E-state index contributed by atoms with van der Waals surface area (Å²) in [5.74, 6) is 0. The molecule has 4 heteroatoms. The summed E-state index contributed by atoms with van der Waals surface area (Å²) in [4.78, 5) is 9.42. The van der Waals surface area contributed by atoms with E-state index in [-0.39, 0.29) is 6.04 Å². The predicted octanol–water partition coefficient (Wildman–Crippen LogP) is 15.0. The van der Waals surface area contributed by atoms with Crippen molar-refractivity contribution in [2.75, 3.05) is 19.6 Å².